The third kappa shape index (κ3) is 1.78. The van der Waals surface area contributed by atoms with Gasteiger partial charge in [0.1, 0.15) is 0 Å². The molecule has 2 N–H and O–H groups in total. The van der Waals surface area contributed by atoms with Gasteiger partial charge in [0.05, 0.1) is 0 Å². The molecule has 1 aromatic carbocycles. The van der Waals surface area contributed by atoms with Gasteiger partial charge < -0.3 is 5.73 Å². The molecule has 0 aromatic heterocycles. The Morgan fingerprint density at radius 3 is 2.43 bits per heavy atom. The Morgan fingerprint density at radius 2 is 1.79 bits per heavy atom. The van der Waals surface area contributed by atoms with Gasteiger partial charge in [0, 0.05) is 6.54 Å². The summed E-state index contributed by atoms with van der Waals surface area (Å²) in [5.41, 5.74) is 11.0. The zero-order chi connectivity index (χ0) is 9.97. The Bertz CT molecular complexity index is 399. The number of rotatable bonds is 1. The van der Waals surface area contributed by atoms with Crippen LogP contribution in [0.4, 0.5) is 0 Å². The minimum absolute atomic E-state index is 0.652. The molecule has 72 valence electrons. The molecule has 0 heterocycles. The number of fused-ring (bicyclic) bond motifs is 1. The lowest BCUT2D eigenvalue weighted by Crippen LogP contribution is -2.02. The fourth-order valence-corrected chi connectivity index (χ4v) is 1.85. The van der Waals surface area contributed by atoms with Crippen LogP contribution in [0, 0.1) is 0 Å². The van der Waals surface area contributed by atoms with Crippen LogP contribution >= 0.6 is 0 Å². The lowest BCUT2D eigenvalue weighted by molar-refractivity contribution is 1.04. The number of benzene rings is 1. The number of allylic oxidation sites excluding steroid dienone is 1. The van der Waals surface area contributed by atoms with Gasteiger partial charge in [-0.15, -0.1) is 0 Å². The van der Waals surface area contributed by atoms with Crippen LogP contribution in [0.3, 0.4) is 0 Å². The predicted molar refractivity (Wildman–Crippen MR) is 61.7 cm³/mol. The van der Waals surface area contributed by atoms with Gasteiger partial charge >= 0.3 is 0 Å². The second-order valence-corrected chi connectivity index (χ2v) is 3.80. The molecule has 0 aliphatic heterocycles. The SMILES string of the molecule is CC1=Cc2ccccc2C=C(CN)C1. The second-order valence-electron chi connectivity index (χ2n) is 3.80. The maximum atomic E-state index is 5.70. The first kappa shape index (κ1) is 9.22. The molecule has 0 fully saturated rings. The molecule has 0 radical (unpaired) electrons. The fourth-order valence-electron chi connectivity index (χ4n) is 1.85. The van der Waals surface area contributed by atoms with Crippen LogP contribution in [-0.4, -0.2) is 6.54 Å². The molecule has 1 heteroatoms. The van der Waals surface area contributed by atoms with Crippen molar-refractivity contribution in [1.29, 1.82) is 0 Å². The largest absolute Gasteiger partial charge is 0.327 e. The monoisotopic (exact) mass is 185 g/mol. The van der Waals surface area contributed by atoms with Crippen molar-refractivity contribution in [2.24, 2.45) is 5.73 Å². The van der Waals surface area contributed by atoms with Crippen LogP contribution in [0.1, 0.15) is 24.5 Å². The topological polar surface area (TPSA) is 26.0 Å². The molecule has 1 aliphatic rings. The first-order valence-corrected chi connectivity index (χ1v) is 4.95. The molecule has 0 atom stereocenters. The van der Waals surface area contributed by atoms with Crippen molar-refractivity contribution < 1.29 is 0 Å². The highest BCUT2D eigenvalue weighted by Crippen LogP contribution is 2.24. The van der Waals surface area contributed by atoms with E-state index in [0.29, 0.717) is 6.54 Å². The molecule has 0 bridgehead atoms. The minimum Gasteiger partial charge on any atom is -0.327 e. The first-order valence-electron chi connectivity index (χ1n) is 4.95. The number of hydrogen-bond donors (Lipinski definition) is 1. The van der Waals surface area contributed by atoms with Crippen molar-refractivity contribution in [3.8, 4) is 0 Å². The summed E-state index contributed by atoms with van der Waals surface area (Å²) < 4.78 is 0. The minimum atomic E-state index is 0.652. The Morgan fingerprint density at radius 1 is 1.14 bits per heavy atom. The quantitative estimate of drug-likeness (QED) is 0.715. The molecule has 1 aromatic rings. The van der Waals surface area contributed by atoms with Crippen LogP contribution < -0.4 is 5.73 Å². The first-order chi connectivity index (χ1) is 6.79. The van der Waals surface area contributed by atoms with Gasteiger partial charge in [-0.2, -0.15) is 0 Å². The van der Waals surface area contributed by atoms with E-state index in [1.54, 1.807) is 0 Å². The van der Waals surface area contributed by atoms with Gasteiger partial charge in [-0.1, -0.05) is 47.6 Å². The summed E-state index contributed by atoms with van der Waals surface area (Å²) in [5.74, 6) is 0. The summed E-state index contributed by atoms with van der Waals surface area (Å²) >= 11 is 0. The van der Waals surface area contributed by atoms with E-state index in [1.165, 1.54) is 22.3 Å². The summed E-state index contributed by atoms with van der Waals surface area (Å²) in [6.07, 6.45) is 5.46. The second kappa shape index (κ2) is 3.81. The summed E-state index contributed by atoms with van der Waals surface area (Å²) in [7, 11) is 0. The van der Waals surface area contributed by atoms with E-state index in [2.05, 4.69) is 43.3 Å². The van der Waals surface area contributed by atoms with Crippen molar-refractivity contribution in [1.82, 2.24) is 0 Å². The van der Waals surface area contributed by atoms with Crippen LogP contribution in [-0.2, 0) is 0 Å². The van der Waals surface area contributed by atoms with Crippen LogP contribution in [0.5, 0.6) is 0 Å². The lowest BCUT2D eigenvalue weighted by Gasteiger charge is -2.01. The lowest BCUT2D eigenvalue weighted by atomic mass is 10.1. The average molecular weight is 185 g/mol. The predicted octanol–water partition coefficient (Wildman–Crippen LogP) is 2.84. The Hall–Kier alpha value is -1.34. The van der Waals surface area contributed by atoms with E-state index in [4.69, 9.17) is 5.73 Å². The maximum absolute atomic E-state index is 5.70. The van der Waals surface area contributed by atoms with Crippen molar-refractivity contribution in [3.63, 3.8) is 0 Å². The molecule has 0 amide bonds. The molecular formula is C13H15N. The molecule has 1 nitrogen and oxygen atoms in total. The summed E-state index contributed by atoms with van der Waals surface area (Å²) in [4.78, 5) is 0. The van der Waals surface area contributed by atoms with Gasteiger partial charge in [-0.25, -0.2) is 0 Å². The summed E-state index contributed by atoms with van der Waals surface area (Å²) in [6.45, 7) is 2.81. The molecule has 2 rings (SSSR count). The van der Waals surface area contributed by atoms with Crippen molar-refractivity contribution in [3.05, 3.63) is 46.5 Å². The van der Waals surface area contributed by atoms with Crippen molar-refractivity contribution in [2.45, 2.75) is 13.3 Å². The molecule has 1 aliphatic carbocycles. The van der Waals surface area contributed by atoms with Gasteiger partial charge in [0.15, 0.2) is 0 Å². The van der Waals surface area contributed by atoms with Crippen molar-refractivity contribution in [2.75, 3.05) is 6.54 Å². The Balaban J connectivity index is 2.54. The molecule has 0 saturated heterocycles. The van der Waals surface area contributed by atoms with E-state index in [0.717, 1.165) is 6.42 Å². The summed E-state index contributed by atoms with van der Waals surface area (Å²) in [6, 6.07) is 8.43. The number of hydrogen-bond acceptors (Lipinski definition) is 1. The molecular weight excluding hydrogens is 170 g/mol. The highest BCUT2D eigenvalue weighted by atomic mass is 14.5. The van der Waals surface area contributed by atoms with Gasteiger partial charge in [-0.05, 0) is 24.5 Å². The highest BCUT2D eigenvalue weighted by Gasteiger charge is 2.05. The highest BCUT2D eigenvalue weighted by molar-refractivity contribution is 5.70. The van der Waals surface area contributed by atoms with E-state index in [1.807, 2.05) is 0 Å². The third-order valence-electron chi connectivity index (χ3n) is 2.53. The number of nitrogens with two attached hydrogens (primary N) is 1. The molecule has 14 heavy (non-hydrogen) atoms. The van der Waals surface area contributed by atoms with Crippen LogP contribution in [0.2, 0.25) is 0 Å². The van der Waals surface area contributed by atoms with Gasteiger partial charge in [-0.3, -0.25) is 0 Å². The summed E-state index contributed by atoms with van der Waals surface area (Å²) in [5, 5.41) is 0. The van der Waals surface area contributed by atoms with Crippen molar-refractivity contribution >= 4 is 12.2 Å². The van der Waals surface area contributed by atoms with Gasteiger partial charge in [0.25, 0.3) is 0 Å². The molecule has 0 saturated carbocycles. The van der Waals surface area contributed by atoms with Crippen LogP contribution in [0.15, 0.2) is 35.4 Å². The maximum Gasteiger partial charge on any atom is 0.0143 e. The van der Waals surface area contributed by atoms with E-state index >= 15 is 0 Å². The van der Waals surface area contributed by atoms with E-state index in [9.17, 15) is 0 Å². The zero-order valence-electron chi connectivity index (χ0n) is 8.46. The average Bonchev–Trinajstić information content (AvgIpc) is 2.35. The van der Waals surface area contributed by atoms with E-state index < -0.39 is 0 Å². The normalized spacial score (nSPS) is 15.3. The zero-order valence-corrected chi connectivity index (χ0v) is 8.46. The Labute approximate surface area is 84.9 Å². The Kier molecular flexibility index (Phi) is 2.51. The molecule has 0 spiro atoms. The fraction of sp³-hybridized carbons (Fsp3) is 0.231. The van der Waals surface area contributed by atoms with E-state index in [-0.39, 0.29) is 0 Å². The smallest absolute Gasteiger partial charge is 0.0143 e. The standard InChI is InChI=1S/C13H15N/c1-10-6-11(9-14)8-13-5-3-2-4-12(13)7-10/h2-5,7-8H,6,9,14H2,1H3. The van der Waals surface area contributed by atoms with Crippen LogP contribution in [0.25, 0.3) is 12.2 Å². The van der Waals surface area contributed by atoms with Gasteiger partial charge in [0.2, 0.25) is 0 Å². The third-order valence-corrected chi connectivity index (χ3v) is 2.53. The molecule has 0 unspecified atom stereocenters.